The summed E-state index contributed by atoms with van der Waals surface area (Å²) in [7, 11) is 3.10. The van der Waals surface area contributed by atoms with E-state index in [4.69, 9.17) is 9.47 Å². The highest BCUT2D eigenvalue weighted by Crippen LogP contribution is 2.46. The number of fused-ring (bicyclic) bond motifs is 1. The molecule has 0 saturated heterocycles. The number of thiophene rings is 1. The van der Waals surface area contributed by atoms with Crippen LogP contribution in [0.2, 0.25) is 0 Å². The smallest absolute Gasteiger partial charge is 0.296 e. The molecular formula is C24H18N2O5S2. The summed E-state index contributed by atoms with van der Waals surface area (Å²) < 4.78 is 11.6. The van der Waals surface area contributed by atoms with Crippen molar-refractivity contribution in [3.63, 3.8) is 0 Å². The number of thiazole rings is 1. The SMILES string of the molecule is COc1ccc2nc(N3C(=O)C(O)=C(C(=O)c4cccs4)[C@H]3c3ccccc3OC)sc2c1. The zero-order valence-electron chi connectivity index (χ0n) is 17.6. The second kappa shape index (κ2) is 8.34. The number of rotatable bonds is 6. The Morgan fingerprint density at radius 1 is 1.09 bits per heavy atom. The average Bonchev–Trinajstić information content (AvgIpc) is 3.57. The lowest BCUT2D eigenvalue weighted by Gasteiger charge is -2.25. The van der Waals surface area contributed by atoms with E-state index < -0.39 is 23.5 Å². The molecule has 0 unspecified atom stereocenters. The molecule has 33 heavy (non-hydrogen) atoms. The zero-order valence-corrected chi connectivity index (χ0v) is 19.3. The van der Waals surface area contributed by atoms with Gasteiger partial charge in [0.15, 0.2) is 10.9 Å². The second-order valence-electron chi connectivity index (χ2n) is 7.22. The maximum Gasteiger partial charge on any atom is 0.296 e. The van der Waals surface area contributed by atoms with Crippen molar-refractivity contribution in [2.75, 3.05) is 19.1 Å². The topological polar surface area (TPSA) is 89.0 Å². The number of anilines is 1. The Morgan fingerprint density at radius 3 is 2.64 bits per heavy atom. The molecule has 0 bridgehead atoms. The van der Waals surface area contributed by atoms with Crippen molar-refractivity contribution in [1.82, 2.24) is 4.98 Å². The van der Waals surface area contributed by atoms with Crippen LogP contribution in [0.5, 0.6) is 11.5 Å². The predicted molar refractivity (Wildman–Crippen MR) is 128 cm³/mol. The number of hydrogen-bond acceptors (Lipinski definition) is 8. The number of benzene rings is 2. The van der Waals surface area contributed by atoms with E-state index >= 15 is 0 Å². The van der Waals surface area contributed by atoms with Gasteiger partial charge in [0.1, 0.15) is 17.5 Å². The van der Waals surface area contributed by atoms with Gasteiger partial charge in [-0.3, -0.25) is 14.5 Å². The van der Waals surface area contributed by atoms with Crippen molar-refractivity contribution >= 4 is 49.7 Å². The monoisotopic (exact) mass is 478 g/mol. The van der Waals surface area contributed by atoms with Crippen LogP contribution in [0.25, 0.3) is 10.2 Å². The van der Waals surface area contributed by atoms with E-state index in [1.807, 2.05) is 6.07 Å². The fourth-order valence-corrected chi connectivity index (χ4v) is 5.58. The third-order valence-electron chi connectivity index (χ3n) is 5.42. The minimum atomic E-state index is -0.897. The van der Waals surface area contributed by atoms with Crippen LogP contribution >= 0.6 is 22.7 Å². The van der Waals surface area contributed by atoms with Gasteiger partial charge in [-0.2, -0.15) is 0 Å². The number of nitrogens with zero attached hydrogens (tertiary/aromatic N) is 2. The van der Waals surface area contributed by atoms with Crippen LogP contribution in [-0.4, -0.2) is 36.0 Å². The van der Waals surface area contributed by atoms with E-state index in [1.165, 1.54) is 34.7 Å². The van der Waals surface area contributed by atoms with E-state index in [0.717, 1.165) is 4.70 Å². The number of hydrogen-bond donors (Lipinski definition) is 1. The van der Waals surface area contributed by atoms with Gasteiger partial charge in [-0.25, -0.2) is 4.98 Å². The van der Waals surface area contributed by atoms with Crippen molar-refractivity contribution in [2.24, 2.45) is 0 Å². The normalized spacial score (nSPS) is 16.0. The fourth-order valence-electron chi connectivity index (χ4n) is 3.88. The van der Waals surface area contributed by atoms with Crippen LogP contribution in [-0.2, 0) is 4.79 Å². The van der Waals surface area contributed by atoms with Gasteiger partial charge >= 0.3 is 0 Å². The number of amides is 1. The highest BCUT2D eigenvalue weighted by Gasteiger charge is 2.47. The number of aliphatic hydroxyl groups excluding tert-OH is 1. The van der Waals surface area contributed by atoms with Crippen molar-refractivity contribution in [1.29, 1.82) is 0 Å². The second-order valence-corrected chi connectivity index (χ2v) is 9.18. The number of para-hydroxylation sites is 1. The Balaban J connectivity index is 1.70. The van der Waals surface area contributed by atoms with Gasteiger partial charge in [-0.1, -0.05) is 35.6 Å². The Bertz CT molecular complexity index is 1410. The van der Waals surface area contributed by atoms with Crippen LogP contribution in [0.3, 0.4) is 0 Å². The third kappa shape index (κ3) is 3.46. The summed E-state index contributed by atoms with van der Waals surface area (Å²) in [6.45, 7) is 0. The number of carbonyl (C=O) groups is 2. The summed E-state index contributed by atoms with van der Waals surface area (Å²) in [4.78, 5) is 33.2. The largest absolute Gasteiger partial charge is 0.503 e. The number of aromatic nitrogens is 1. The Labute approximate surface area is 197 Å². The van der Waals surface area contributed by atoms with Gasteiger partial charge in [-0.05, 0) is 35.7 Å². The molecule has 5 rings (SSSR count). The molecule has 0 aliphatic carbocycles. The minimum absolute atomic E-state index is 0.00351. The number of carbonyl (C=O) groups excluding carboxylic acids is 2. The van der Waals surface area contributed by atoms with Gasteiger partial charge < -0.3 is 14.6 Å². The zero-order chi connectivity index (χ0) is 23.1. The molecule has 0 saturated carbocycles. The number of ether oxygens (including phenoxy) is 2. The highest BCUT2D eigenvalue weighted by molar-refractivity contribution is 7.22. The number of ketones is 1. The standard InChI is InChI=1S/C24H18N2O5S2/c1-30-13-9-10-15-18(12-13)33-24(25-15)26-20(14-6-3-4-7-16(14)31-2)19(22(28)23(26)29)21(27)17-8-5-11-32-17/h3-12,20,28H,1-2H3/t20-/m1/s1. The Morgan fingerprint density at radius 2 is 1.91 bits per heavy atom. The van der Waals surface area contributed by atoms with Crippen molar-refractivity contribution in [3.8, 4) is 11.5 Å². The molecule has 9 heteroatoms. The average molecular weight is 479 g/mol. The van der Waals surface area contributed by atoms with E-state index in [0.29, 0.717) is 32.6 Å². The molecule has 166 valence electrons. The molecule has 0 fully saturated rings. The van der Waals surface area contributed by atoms with E-state index in [1.54, 1.807) is 61.0 Å². The first-order chi connectivity index (χ1) is 16.0. The summed E-state index contributed by atoms with van der Waals surface area (Å²) in [5, 5.41) is 13.0. The first kappa shape index (κ1) is 21.2. The molecule has 0 spiro atoms. The Hall–Kier alpha value is -3.69. The summed E-state index contributed by atoms with van der Waals surface area (Å²) in [6.07, 6.45) is 0. The summed E-state index contributed by atoms with van der Waals surface area (Å²) in [6, 6.07) is 15.1. The molecule has 7 nitrogen and oxygen atoms in total. The quantitative estimate of drug-likeness (QED) is 0.385. The number of Topliss-reactive ketones (excluding diaryl/α,β-unsaturated/α-hetero) is 1. The van der Waals surface area contributed by atoms with Crippen molar-refractivity contribution < 1.29 is 24.2 Å². The lowest BCUT2D eigenvalue weighted by Crippen LogP contribution is -2.31. The molecule has 1 aliphatic rings. The maximum atomic E-state index is 13.4. The van der Waals surface area contributed by atoms with Crippen LogP contribution in [0.15, 0.2) is 71.3 Å². The molecule has 1 N–H and O–H groups in total. The van der Waals surface area contributed by atoms with Crippen LogP contribution in [0, 0.1) is 0 Å². The van der Waals surface area contributed by atoms with E-state index in [9.17, 15) is 14.7 Å². The third-order valence-corrected chi connectivity index (χ3v) is 7.31. The Kier molecular flexibility index (Phi) is 5.35. The molecule has 1 atom stereocenters. The predicted octanol–water partition coefficient (Wildman–Crippen LogP) is 5.16. The van der Waals surface area contributed by atoms with Gasteiger partial charge in [0.05, 0.1) is 34.9 Å². The van der Waals surface area contributed by atoms with E-state index in [-0.39, 0.29) is 5.57 Å². The van der Waals surface area contributed by atoms with Gasteiger partial charge in [-0.15, -0.1) is 11.3 Å². The summed E-state index contributed by atoms with van der Waals surface area (Å²) in [5.41, 5.74) is 1.26. The summed E-state index contributed by atoms with van der Waals surface area (Å²) >= 11 is 2.53. The molecule has 3 heterocycles. The molecule has 0 radical (unpaired) electrons. The van der Waals surface area contributed by atoms with Gasteiger partial charge in [0.2, 0.25) is 5.78 Å². The minimum Gasteiger partial charge on any atom is -0.503 e. The molecule has 1 amide bonds. The lowest BCUT2D eigenvalue weighted by atomic mass is 9.95. The van der Waals surface area contributed by atoms with Crippen molar-refractivity contribution in [3.05, 3.63) is 81.8 Å². The molecule has 4 aromatic rings. The maximum absolute atomic E-state index is 13.4. The van der Waals surface area contributed by atoms with Gasteiger partial charge in [0.25, 0.3) is 5.91 Å². The highest BCUT2D eigenvalue weighted by atomic mass is 32.1. The fraction of sp³-hybridized carbons (Fsp3) is 0.125. The van der Waals surface area contributed by atoms with Crippen LogP contribution < -0.4 is 14.4 Å². The summed E-state index contributed by atoms with van der Waals surface area (Å²) in [5.74, 6) is -0.509. The molecular weight excluding hydrogens is 460 g/mol. The molecule has 2 aromatic carbocycles. The van der Waals surface area contributed by atoms with Crippen LogP contribution in [0.1, 0.15) is 21.3 Å². The molecule has 2 aromatic heterocycles. The number of methoxy groups -OCH3 is 2. The van der Waals surface area contributed by atoms with E-state index in [2.05, 4.69) is 4.98 Å². The van der Waals surface area contributed by atoms with Gasteiger partial charge in [0, 0.05) is 5.56 Å². The number of aliphatic hydroxyl groups is 1. The van der Waals surface area contributed by atoms with Crippen LogP contribution in [0.4, 0.5) is 5.13 Å². The van der Waals surface area contributed by atoms with Crippen molar-refractivity contribution in [2.45, 2.75) is 6.04 Å². The lowest BCUT2D eigenvalue weighted by molar-refractivity contribution is -0.117. The molecule has 1 aliphatic heterocycles. The first-order valence-electron chi connectivity index (χ1n) is 9.96. The first-order valence-corrected chi connectivity index (χ1v) is 11.7.